The molecule has 166 valence electrons. The summed E-state index contributed by atoms with van der Waals surface area (Å²) in [6.07, 6.45) is 0.361. The summed E-state index contributed by atoms with van der Waals surface area (Å²) in [7, 11) is 0. The van der Waals surface area contributed by atoms with Gasteiger partial charge in [-0.2, -0.15) is 0 Å². The Morgan fingerprint density at radius 1 is 0.903 bits per heavy atom. The summed E-state index contributed by atoms with van der Waals surface area (Å²) in [6, 6.07) is 12.0. The first-order valence-electron chi connectivity index (χ1n) is 10.9. The van der Waals surface area contributed by atoms with Gasteiger partial charge < -0.3 is 15.0 Å². The summed E-state index contributed by atoms with van der Waals surface area (Å²) >= 11 is 0. The fourth-order valence-corrected chi connectivity index (χ4v) is 3.77. The normalized spacial score (nSPS) is 14.4. The Kier molecular flexibility index (Phi) is 7.69. The van der Waals surface area contributed by atoms with Crippen LogP contribution in [-0.2, 0) is 9.59 Å². The highest BCUT2D eigenvalue weighted by molar-refractivity contribution is 5.93. The molecule has 0 spiro atoms. The second-order valence-electron chi connectivity index (χ2n) is 8.32. The number of amides is 2. The van der Waals surface area contributed by atoms with Crippen LogP contribution in [0.5, 0.6) is 5.75 Å². The number of nitrogens with one attached hydrogen (secondary N) is 1. The molecule has 1 fully saturated rings. The molecular weight excluding hydrogens is 390 g/mol. The molecule has 3 rings (SSSR count). The van der Waals surface area contributed by atoms with E-state index in [1.165, 1.54) is 11.1 Å². The number of ether oxygens (including phenoxy) is 1. The molecule has 1 heterocycles. The molecule has 0 saturated carbocycles. The third kappa shape index (κ3) is 6.31. The second kappa shape index (κ2) is 10.4. The number of carbonyl (C=O) groups is 2. The van der Waals surface area contributed by atoms with E-state index < -0.39 is 0 Å². The molecule has 1 N–H and O–H groups in total. The number of anilines is 1. The van der Waals surface area contributed by atoms with E-state index in [1.807, 2.05) is 55.1 Å². The number of nitrogens with zero attached hydrogens (tertiary/aromatic N) is 2. The van der Waals surface area contributed by atoms with Gasteiger partial charge in [-0.1, -0.05) is 24.3 Å². The van der Waals surface area contributed by atoms with Gasteiger partial charge in [0.05, 0.1) is 19.6 Å². The number of benzene rings is 2. The second-order valence-corrected chi connectivity index (χ2v) is 8.32. The zero-order valence-corrected chi connectivity index (χ0v) is 19.0. The van der Waals surface area contributed by atoms with Crippen LogP contribution in [0.15, 0.2) is 36.4 Å². The molecule has 6 heteroatoms. The van der Waals surface area contributed by atoms with Crippen molar-refractivity contribution in [1.29, 1.82) is 0 Å². The zero-order chi connectivity index (χ0) is 22.4. The highest BCUT2D eigenvalue weighted by Crippen LogP contribution is 2.19. The topological polar surface area (TPSA) is 61.9 Å². The van der Waals surface area contributed by atoms with Crippen LogP contribution >= 0.6 is 0 Å². The Morgan fingerprint density at radius 3 is 2.23 bits per heavy atom. The number of hydrogen-bond donors (Lipinski definition) is 1. The summed E-state index contributed by atoms with van der Waals surface area (Å²) in [6.45, 7) is 11.5. The SMILES string of the molecule is Cc1ccc(OCCC(=O)N2CCN(CC(=O)Nc3c(C)cccc3C)CC2)cc1C. The number of carbonyl (C=O) groups excluding carboxylic acids is 2. The van der Waals surface area contributed by atoms with Crippen LogP contribution in [0.3, 0.4) is 0 Å². The number of piperazine rings is 1. The quantitative estimate of drug-likeness (QED) is 0.741. The van der Waals surface area contributed by atoms with E-state index in [0.29, 0.717) is 45.8 Å². The Balaban J connectivity index is 1.39. The maximum atomic E-state index is 12.5. The molecule has 2 aromatic rings. The number of rotatable bonds is 7. The fraction of sp³-hybridized carbons (Fsp3) is 0.440. The van der Waals surface area contributed by atoms with Crippen molar-refractivity contribution in [1.82, 2.24) is 9.80 Å². The largest absolute Gasteiger partial charge is 0.493 e. The standard InChI is InChI=1S/C25H33N3O3/c1-18-8-9-22(16-21(18)4)31-15-10-24(30)28-13-11-27(12-14-28)17-23(29)26-25-19(2)6-5-7-20(25)3/h5-9,16H,10-15,17H2,1-4H3,(H,26,29). The van der Waals surface area contributed by atoms with Crippen molar-refractivity contribution in [2.75, 3.05) is 44.6 Å². The molecule has 0 bridgehead atoms. The predicted molar refractivity (Wildman–Crippen MR) is 124 cm³/mol. The third-order valence-electron chi connectivity index (χ3n) is 5.90. The highest BCUT2D eigenvalue weighted by Gasteiger charge is 2.22. The molecule has 0 unspecified atom stereocenters. The van der Waals surface area contributed by atoms with Crippen molar-refractivity contribution in [3.63, 3.8) is 0 Å². The van der Waals surface area contributed by atoms with Crippen molar-refractivity contribution in [2.24, 2.45) is 0 Å². The van der Waals surface area contributed by atoms with Gasteiger partial charge in [0.15, 0.2) is 0 Å². The Bertz CT molecular complexity index is 913. The maximum absolute atomic E-state index is 12.5. The van der Waals surface area contributed by atoms with Gasteiger partial charge in [-0.25, -0.2) is 0 Å². The Morgan fingerprint density at radius 2 is 1.58 bits per heavy atom. The van der Waals surface area contributed by atoms with Crippen LogP contribution in [0.1, 0.15) is 28.7 Å². The van der Waals surface area contributed by atoms with Crippen molar-refractivity contribution >= 4 is 17.5 Å². The summed E-state index contributed by atoms with van der Waals surface area (Å²) < 4.78 is 5.74. The van der Waals surface area contributed by atoms with Crippen molar-refractivity contribution in [3.8, 4) is 5.75 Å². The lowest BCUT2D eigenvalue weighted by Gasteiger charge is -2.34. The minimum atomic E-state index is -0.0148. The smallest absolute Gasteiger partial charge is 0.238 e. The molecule has 0 aromatic heterocycles. The number of aryl methyl sites for hydroxylation is 4. The van der Waals surface area contributed by atoms with E-state index in [2.05, 4.69) is 24.1 Å². The predicted octanol–water partition coefficient (Wildman–Crippen LogP) is 3.47. The van der Waals surface area contributed by atoms with Gasteiger partial charge in [0, 0.05) is 31.9 Å². The molecule has 1 aliphatic heterocycles. The maximum Gasteiger partial charge on any atom is 0.238 e. The van der Waals surface area contributed by atoms with Crippen LogP contribution in [0.4, 0.5) is 5.69 Å². The molecule has 31 heavy (non-hydrogen) atoms. The van der Waals surface area contributed by atoms with E-state index in [9.17, 15) is 9.59 Å². The zero-order valence-electron chi connectivity index (χ0n) is 19.0. The molecule has 0 radical (unpaired) electrons. The monoisotopic (exact) mass is 423 g/mol. The van der Waals surface area contributed by atoms with E-state index in [-0.39, 0.29) is 11.8 Å². The van der Waals surface area contributed by atoms with E-state index >= 15 is 0 Å². The van der Waals surface area contributed by atoms with Gasteiger partial charge in [0.25, 0.3) is 0 Å². The van der Waals surface area contributed by atoms with Crippen LogP contribution in [-0.4, -0.2) is 60.9 Å². The molecule has 1 aliphatic rings. The third-order valence-corrected chi connectivity index (χ3v) is 5.90. The molecular formula is C25H33N3O3. The van der Waals surface area contributed by atoms with Crippen LogP contribution in [0.25, 0.3) is 0 Å². The first kappa shape index (κ1) is 22.8. The lowest BCUT2D eigenvalue weighted by molar-refractivity contribution is -0.133. The van der Waals surface area contributed by atoms with Crippen molar-refractivity contribution < 1.29 is 14.3 Å². The number of para-hydroxylation sites is 1. The lowest BCUT2D eigenvalue weighted by Crippen LogP contribution is -2.50. The van der Waals surface area contributed by atoms with E-state index in [0.717, 1.165) is 22.6 Å². The molecule has 1 saturated heterocycles. The summed E-state index contributed by atoms with van der Waals surface area (Å²) in [5, 5.41) is 3.03. The minimum absolute atomic E-state index is 0.0148. The lowest BCUT2D eigenvalue weighted by atomic mass is 10.1. The van der Waals surface area contributed by atoms with Gasteiger partial charge in [-0.15, -0.1) is 0 Å². The highest BCUT2D eigenvalue weighted by atomic mass is 16.5. The van der Waals surface area contributed by atoms with E-state index in [1.54, 1.807) is 0 Å². The minimum Gasteiger partial charge on any atom is -0.493 e. The Hall–Kier alpha value is -2.86. The van der Waals surface area contributed by atoms with Crippen molar-refractivity contribution in [3.05, 3.63) is 58.7 Å². The van der Waals surface area contributed by atoms with Crippen molar-refractivity contribution in [2.45, 2.75) is 34.1 Å². The van der Waals surface area contributed by atoms with Crippen LogP contribution < -0.4 is 10.1 Å². The van der Waals surface area contributed by atoms with Gasteiger partial charge in [0.1, 0.15) is 5.75 Å². The Labute approximate surface area is 185 Å². The average molecular weight is 424 g/mol. The van der Waals surface area contributed by atoms with Crippen LogP contribution in [0.2, 0.25) is 0 Å². The van der Waals surface area contributed by atoms with Gasteiger partial charge in [-0.05, 0) is 62.1 Å². The molecule has 2 amide bonds. The molecule has 2 aromatic carbocycles. The van der Waals surface area contributed by atoms with Gasteiger partial charge >= 0.3 is 0 Å². The molecule has 6 nitrogen and oxygen atoms in total. The molecule has 0 aliphatic carbocycles. The number of hydrogen-bond acceptors (Lipinski definition) is 4. The first-order valence-corrected chi connectivity index (χ1v) is 10.9. The van der Waals surface area contributed by atoms with E-state index in [4.69, 9.17) is 4.74 Å². The van der Waals surface area contributed by atoms with Crippen LogP contribution in [0, 0.1) is 27.7 Å². The first-order chi connectivity index (χ1) is 14.8. The summed E-state index contributed by atoms with van der Waals surface area (Å²) in [5.74, 6) is 0.887. The fourth-order valence-electron chi connectivity index (χ4n) is 3.77. The summed E-state index contributed by atoms with van der Waals surface area (Å²) in [4.78, 5) is 28.9. The van der Waals surface area contributed by atoms with Gasteiger partial charge in [0.2, 0.25) is 11.8 Å². The average Bonchev–Trinajstić information content (AvgIpc) is 2.74. The molecule has 0 atom stereocenters. The summed E-state index contributed by atoms with van der Waals surface area (Å²) in [5.41, 5.74) is 5.43. The van der Waals surface area contributed by atoms with Gasteiger partial charge in [-0.3, -0.25) is 14.5 Å².